The van der Waals surface area contributed by atoms with Gasteiger partial charge in [0, 0.05) is 0 Å². The van der Waals surface area contributed by atoms with Crippen LogP contribution in [0.1, 0.15) is 5.56 Å². The number of nitrogens with two attached hydrogens (primary N) is 1. The average molecular weight is 207 g/mol. The maximum atomic E-state index is 12.2. The van der Waals surface area contributed by atoms with Crippen molar-refractivity contribution in [1.29, 1.82) is 0 Å². The second kappa shape index (κ2) is 3.13. The zero-order valence-corrected chi connectivity index (χ0v) is 6.58. The van der Waals surface area contributed by atoms with Crippen molar-refractivity contribution in [2.45, 2.75) is 6.18 Å². The monoisotopic (exact) mass is 207 g/mol. The number of aromatic nitrogens is 1. The van der Waals surface area contributed by atoms with Gasteiger partial charge in [-0.3, -0.25) is 10.1 Å². The predicted octanol–water partition coefficient (Wildman–Crippen LogP) is 1.59. The topological polar surface area (TPSA) is 82.0 Å². The van der Waals surface area contributed by atoms with E-state index in [2.05, 4.69) is 4.98 Å². The van der Waals surface area contributed by atoms with E-state index in [1.807, 2.05) is 0 Å². The molecule has 0 radical (unpaired) electrons. The standard InChI is InChI=1S/C6H4F3N3O2/c7-6(8,9)3-1-5(10)11-2-4(3)12(13)14/h1-2H,(H2,10,11). The summed E-state index contributed by atoms with van der Waals surface area (Å²) in [7, 11) is 0. The molecule has 0 fully saturated rings. The number of pyridine rings is 1. The molecule has 0 bridgehead atoms. The second-order valence-electron chi connectivity index (χ2n) is 2.38. The lowest BCUT2D eigenvalue weighted by Crippen LogP contribution is -2.10. The van der Waals surface area contributed by atoms with Gasteiger partial charge in [-0.2, -0.15) is 13.2 Å². The summed E-state index contributed by atoms with van der Waals surface area (Å²) < 4.78 is 36.6. The first-order valence-corrected chi connectivity index (χ1v) is 3.29. The molecule has 0 amide bonds. The molecule has 2 N–H and O–H groups in total. The highest BCUT2D eigenvalue weighted by molar-refractivity contribution is 5.46. The number of hydrogen-bond acceptors (Lipinski definition) is 4. The van der Waals surface area contributed by atoms with Crippen molar-refractivity contribution in [3.8, 4) is 0 Å². The highest BCUT2D eigenvalue weighted by Gasteiger charge is 2.38. The SMILES string of the molecule is Nc1cc(C(F)(F)F)c([N+](=O)[O-])cn1. The molecule has 0 aliphatic heterocycles. The third-order valence-corrected chi connectivity index (χ3v) is 1.41. The molecule has 0 aliphatic rings. The van der Waals surface area contributed by atoms with Crippen molar-refractivity contribution in [3.05, 3.63) is 27.9 Å². The molecule has 0 atom stereocenters. The Morgan fingerprint density at radius 1 is 1.50 bits per heavy atom. The smallest absolute Gasteiger partial charge is 0.384 e. The molecule has 76 valence electrons. The normalized spacial score (nSPS) is 11.4. The van der Waals surface area contributed by atoms with Gasteiger partial charge in [0.05, 0.1) is 4.92 Å². The third kappa shape index (κ3) is 1.90. The van der Waals surface area contributed by atoms with Gasteiger partial charge in [-0.25, -0.2) is 4.98 Å². The Labute approximate surface area is 75.5 Å². The van der Waals surface area contributed by atoms with E-state index in [9.17, 15) is 23.3 Å². The van der Waals surface area contributed by atoms with Crippen LogP contribution in [-0.2, 0) is 6.18 Å². The summed E-state index contributed by atoms with van der Waals surface area (Å²) in [5.41, 5.74) is 2.49. The van der Waals surface area contributed by atoms with E-state index in [0.717, 1.165) is 0 Å². The average Bonchev–Trinajstić information content (AvgIpc) is 2.01. The molecule has 14 heavy (non-hydrogen) atoms. The molecule has 0 spiro atoms. The number of hydrogen-bond donors (Lipinski definition) is 1. The van der Waals surface area contributed by atoms with Gasteiger partial charge in [-0.15, -0.1) is 0 Å². The fourth-order valence-electron chi connectivity index (χ4n) is 0.837. The van der Waals surface area contributed by atoms with Crippen molar-refractivity contribution in [3.63, 3.8) is 0 Å². The number of nitro groups is 1. The first-order valence-electron chi connectivity index (χ1n) is 3.29. The van der Waals surface area contributed by atoms with Crippen molar-refractivity contribution >= 4 is 11.5 Å². The maximum absolute atomic E-state index is 12.2. The van der Waals surface area contributed by atoms with Crippen LogP contribution >= 0.6 is 0 Å². The van der Waals surface area contributed by atoms with E-state index in [1.54, 1.807) is 0 Å². The molecule has 1 aromatic heterocycles. The summed E-state index contributed by atoms with van der Waals surface area (Å²) in [5.74, 6) is -0.414. The summed E-state index contributed by atoms with van der Waals surface area (Å²) >= 11 is 0. The lowest BCUT2D eigenvalue weighted by molar-refractivity contribution is -0.388. The van der Waals surface area contributed by atoms with E-state index < -0.39 is 28.2 Å². The molecule has 1 rings (SSSR count). The summed E-state index contributed by atoms with van der Waals surface area (Å²) in [5, 5.41) is 10.2. The Balaban J connectivity index is 3.38. The summed E-state index contributed by atoms with van der Waals surface area (Å²) in [6, 6.07) is 0.429. The van der Waals surface area contributed by atoms with E-state index in [-0.39, 0.29) is 0 Å². The summed E-state index contributed by atoms with van der Waals surface area (Å²) in [4.78, 5) is 12.3. The number of nitrogen functional groups attached to an aromatic ring is 1. The van der Waals surface area contributed by atoms with Crippen LogP contribution < -0.4 is 5.73 Å². The summed E-state index contributed by atoms with van der Waals surface area (Å²) in [6.45, 7) is 0. The van der Waals surface area contributed by atoms with Crippen LogP contribution in [-0.4, -0.2) is 9.91 Å². The largest absolute Gasteiger partial charge is 0.423 e. The van der Waals surface area contributed by atoms with Gasteiger partial charge in [-0.05, 0) is 6.07 Å². The van der Waals surface area contributed by atoms with Crippen LogP contribution in [0, 0.1) is 10.1 Å². The van der Waals surface area contributed by atoms with E-state index in [4.69, 9.17) is 5.73 Å². The van der Waals surface area contributed by atoms with Gasteiger partial charge in [0.1, 0.15) is 17.6 Å². The van der Waals surface area contributed by atoms with Gasteiger partial charge in [0.15, 0.2) is 0 Å². The van der Waals surface area contributed by atoms with Crippen LogP contribution in [0.4, 0.5) is 24.7 Å². The number of anilines is 1. The van der Waals surface area contributed by atoms with Crippen molar-refractivity contribution < 1.29 is 18.1 Å². The lowest BCUT2D eigenvalue weighted by atomic mass is 10.2. The maximum Gasteiger partial charge on any atom is 0.423 e. The Morgan fingerprint density at radius 3 is 2.50 bits per heavy atom. The van der Waals surface area contributed by atoms with Gasteiger partial charge < -0.3 is 5.73 Å². The van der Waals surface area contributed by atoms with Gasteiger partial charge >= 0.3 is 6.18 Å². The van der Waals surface area contributed by atoms with Crippen LogP contribution in [0.3, 0.4) is 0 Å². The Bertz CT molecular complexity index is 377. The van der Waals surface area contributed by atoms with Crippen LogP contribution in [0.15, 0.2) is 12.3 Å². The second-order valence-corrected chi connectivity index (χ2v) is 2.38. The molecule has 5 nitrogen and oxygen atoms in total. The lowest BCUT2D eigenvalue weighted by Gasteiger charge is -2.06. The molecule has 0 saturated carbocycles. The minimum Gasteiger partial charge on any atom is -0.384 e. The van der Waals surface area contributed by atoms with Gasteiger partial charge in [-0.1, -0.05) is 0 Å². The zero-order chi connectivity index (χ0) is 10.9. The fourth-order valence-corrected chi connectivity index (χ4v) is 0.837. The Kier molecular flexibility index (Phi) is 2.28. The molecule has 0 unspecified atom stereocenters. The third-order valence-electron chi connectivity index (χ3n) is 1.41. The first kappa shape index (κ1) is 10.2. The Morgan fingerprint density at radius 2 is 2.07 bits per heavy atom. The molecular weight excluding hydrogens is 203 g/mol. The fraction of sp³-hybridized carbons (Fsp3) is 0.167. The van der Waals surface area contributed by atoms with Crippen molar-refractivity contribution in [2.75, 3.05) is 5.73 Å². The highest BCUT2D eigenvalue weighted by atomic mass is 19.4. The van der Waals surface area contributed by atoms with Crippen LogP contribution in [0.5, 0.6) is 0 Å². The van der Waals surface area contributed by atoms with Crippen molar-refractivity contribution in [1.82, 2.24) is 4.98 Å². The molecular formula is C6H4F3N3O2. The van der Waals surface area contributed by atoms with Gasteiger partial charge in [0.2, 0.25) is 0 Å². The van der Waals surface area contributed by atoms with E-state index in [0.29, 0.717) is 12.3 Å². The molecule has 0 aromatic carbocycles. The zero-order valence-electron chi connectivity index (χ0n) is 6.58. The highest BCUT2D eigenvalue weighted by Crippen LogP contribution is 2.36. The number of alkyl halides is 3. The predicted molar refractivity (Wildman–Crippen MR) is 40.3 cm³/mol. The molecule has 0 saturated heterocycles. The molecule has 1 heterocycles. The minimum atomic E-state index is -4.81. The van der Waals surface area contributed by atoms with Crippen molar-refractivity contribution in [2.24, 2.45) is 0 Å². The summed E-state index contributed by atoms with van der Waals surface area (Å²) in [6.07, 6.45) is -4.32. The molecule has 0 aliphatic carbocycles. The molecule has 1 aromatic rings. The number of halogens is 3. The minimum absolute atomic E-state index is 0.414. The van der Waals surface area contributed by atoms with Crippen LogP contribution in [0.25, 0.3) is 0 Å². The van der Waals surface area contributed by atoms with E-state index in [1.165, 1.54) is 0 Å². The first-order chi connectivity index (χ1) is 6.32. The quantitative estimate of drug-likeness (QED) is 0.559. The number of nitrogens with zero attached hydrogens (tertiary/aromatic N) is 2. The number of rotatable bonds is 1. The van der Waals surface area contributed by atoms with Crippen LogP contribution in [0.2, 0.25) is 0 Å². The molecule has 8 heteroatoms. The van der Waals surface area contributed by atoms with E-state index >= 15 is 0 Å². The Hall–Kier alpha value is -1.86. The van der Waals surface area contributed by atoms with Gasteiger partial charge in [0.25, 0.3) is 5.69 Å².